The van der Waals surface area contributed by atoms with E-state index in [1.54, 1.807) is 0 Å². The Kier molecular flexibility index (Phi) is 6.12. The van der Waals surface area contributed by atoms with Gasteiger partial charge in [0.1, 0.15) is 0 Å². The lowest BCUT2D eigenvalue weighted by molar-refractivity contribution is -0.138. The average molecular weight is 257 g/mol. The second-order valence-corrected chi connectivity index (χ2v) is 4.80. The Morgan fingerprint density at radius 2 is 2.17 bits per heavy atom. The predicted octanol–water partition coefficient (Wildman–Crippen LogP) is 1.56. The maximum atomic E-state index is 12.1. The molecular weight excluding hydrogens is 234 g/mol. The van der Waals surface area contributed by atoms with Gasteiger partial charge < -0.3 is 15.2 Å². The van der Waals surface area contributed by atoms with Gasteiger partial charge in [-0.15, -0.1) is 0 Å². The van der Waals surface area contributed by atoms with Crippen LogP contribution in [0.1, 0.15) is 46.0 Å². The second kappa shape index (κ2) is 7.36. The molecule has 3 unspecified atom stereocenters. The number of carboxylic acids is 1. The Labute approximate surface area is 108 Å². The molecule has 0 spiro atoms. The van der Waals surface area contributed by atoms with E-state index in [-0.39, 0.29) is 30.4 Å². The number of carbonyl (C=O) groups excluding carboxylic acids is 1. The van der Waals surface area contributed by atoms with Crippen LogP contribution in [0.15, 0.2) is 0 Å². The number of ether oxygens (including phenoxy) is 1. The van der Waals surface area contributed by atoms with Crippen LogP contribution in [0.3, 0.4) is 0 Å². The van der Waals surface area contributed by atoms with Crippen LogP contribution < -0.4 is 5.32 Å². The first kappa shape index (κ1) is 15.0. The summed E-state index contributed by atoms with van der Waals surface area (Å²) in [6, 6.07) is -0.266. The molecule has 0 saturated carbocycles. The molecule has 0 bridgehead atoms. The van der Waals surface area contributed by atoms with Crippen molar-refractivity contribution in [3.63, 3.8) is 0 Å². The number of hydrogen-bond acceptors (Lipinski definition) is 3. The number of carbonyl (C=O) groups is 2. The van der Waals surface area contributed by atoms with Crippen LogP contribution in [0, 0.1) is 5.92 Å². The van der Waals surface area contributed by atoms with Crippen LogP contribution in [0.4, 0.5) is 0 Å². The van der Waals surface area contributed by atoms with Crippen LogP contribution in [-0.2, 0) is 14.3 Å². The van der Waals surface area contributed by atoms with E-state index in [0.717, 1.165) is 19.3 Å². The quantitative estimate of drug-likeness (QED) is 0.725. The SMILES string of the molecule is CCCC(CC(=O)O)NC(=O)C1CCOC1CC. The topological polar surface area (TPSA) is 75.6 Å². The van der Waals surface area contributed by atoms with Crippen LogP contribution in [0.25, 0.3) is 0 Å². The normalized spacial score (nSPS) is 24.8. The molecule has 0 radical (unpaired) electrons. The van der Waals surface area contributed by atoms with Gasteiger partial charge in [-0.25, -0.2) is 0 Å². The average Bonchev–Trinajstić information content (AvgIpc) is 2.76. The third-order valence-corrected chi connectivity index (χ3v) is 3.35. The van der Waals surface area contributed by atoms with Gasteiger partial charge in [0.25, 0.3) is 0 Å². The molecule has 1 heterocycles. The van der Waals surface area contributed by atoms with Crippen molar-refractivity contribution >= 4 is 11.9 Å². The highest BCUT2D eigenvalue weighted by molar-refractivity contribution is 5.80. The summed E-state index contributed by atoms with van der Waals surface area (Å²) in [5, 5.41) is 11.7. The zero-order valence-corrected chi connectivity index (χ0v) is 11.1. The molecule has 18 heavy (non-hydrogen) atoms. The fraction of sp³-hybridized carbons (Fsp3) is 0.846. The Bertz CT molecular complexity index is 293. The van der Waals surface area contributed by atoms with E-state index in [1.165, 1.54) is 0 Å². The number of aliphatic carboxylic acids is 1. The van der Waals surface area contributed by atoms with Gasteiger partial charge in [-0.3, -0.25) is 9.59 Å². The molecule has 0 aromatic carbocycles. The Morgan fingerprint density at radius 1 is 1.44 bits per heavy atom. The highest BCUT2D eigenvalue weighted by Gasteiger charge is 2.33. The Morgan fingerprint density at radius 3 is 2.72 bits per heavy atom. The van der Waals surface area contributed by atoms with Crippen molar-refractivity contribution in [2.24, 2.45) is 5.92 Å². The number of carboxylic acid groups (broad SMARTS) is 1. The fourth-order valence-electron chi connectivity index (χ4n) is 2.44. The molecular formula is C13H23NO4. The summed E-state index contributed by atoms with van der Waals surface area (Å²) in [6.45, 7) is 4.60. The monoisotopic (exact) mass is 257 g/mol. The minimum absolute atomic E-state index is 0.00997. The lowest BCUT2D eigenvalue weighted by atomic mass is 9.97. The van der Waals surface area contributed by atoms with Crippen LogP contribution in [0.5, 0.6) is 0 Å². The lowest BCUT2D eigenvalue weighted by Gasteiger charge is -2.21. The van der Waals surface area contributed by atoms with Gasteiger partial charge in [-0.2, -0.15) is 0 Å². The second-order valence-electron chi connectivity index (χ2n) is 4.80. The van der Waals surface area contributed by atoms with E-state index in [9.17, 15) is 9.59 Å². The van der Waals surface area contributed by atoms with Crippen molar-refractivity contribution in [1.29, 1.82) is 0 Å². The van der Waals surface area contributed by atoms with Gasteiger partial charge in [0.15, 0.2) is 0 Å². The van der Waals surface area contributed by atoms with Crippen molar-refractivity contribution < 1.29 is 19.4 Å². The first-order valence-electron chi connectivity index (χ1n) is 6.72. The Hall–Kier alpha value is -1.10. The first-order valence-corrected chi connectivity index (χ1v) is 6.72. The molecule has 1 aliphatic heterocycles. The van der Waals surface area contributed by atoms with Crippen molar-refractivity contribution in [1.82, 2.24) is 5.32 Å². The van der Waals surface area contributed by atoms with E-state index >= 15 is 0 Å². The molecule has 0 aromatic rings. The van der Waals surface area contributed by atoms with E-state index in [0.29, 0.717) is 13.0 Å². The number of amides is 1. The lowest BCUT2D eigenvalue weighted by Crippen LogP contribution is -2.42. The van der Waals surface area contributed by atoms with E-state index < -0.39 is 5.97 Å². The Balaban J connectivity index is 2.51. The van der Waals surface area contributed by atoms with Crippen LogP contribution >= 0.6 is 0 Å². The highest BCUT2D eigenvalue weighted by atomic mass is 16.5. The summed E-state index contributed by atoms with van der Waals surface area (Å²) < 4.78 is 5.48. The predicted molar refractivity (Wildman–Crippen MR) is 67.2 cm³/mol. The molecule has 3 atom stereocenters. The summed E-state index contributed by atoms with van der Waals surface area (Å²) in [6.07, 6.45) is 3.08. The largest absolute Gasteiger partial charge is 0.481 e. The number of rotatable bonds is 7. The van der Waals surface area contributed by atoms with Gasteiger partial charge in [-0.05, 0) is 19.3 Å². The first-order chi connectivity index (χ1) is 8.58. The van der Waals surface area contributed by atoms with Crippen molar-refractivity contribution in [3.05, 3.63) is 0 Å². The molecule has 1 rings (SSSR count). The molecule has 5 nitrogen and oxygen atoms in total. The fourth-order valence-corrected chi connectivity index (χ4v) is 2.44. The summed E-state index contributed by atoms with van der Waals surface area (Å²) in [5.74, 6) is -1.05. The molecule has 104 valence electrons. The van der Waals surface area contributed by atoms with Gasteiger partial charge in [0.05, 0.1) is 18.4 Å². The molecule has 5 heteroatoms. The molecule has 2 N–H and O–H groups in total. The van der Waals surface area contributed by atoms with Gasteiger partial charge >= 0.3 is 5.97 Å². The zero-order chi connectivity index (χ0) is 13.5. The zero-order valence-electron chi connectivity index (χ0n) is 11.1. The molecule has 0 aliphatic carbocycles. The van der Waals surface area contributed by atoms with Gasteiger partial charge in [0, 0.05) is 12.6 Å². The number of nitrogens with one attached hydrogen (secondary N) is 1. The van der Waals surface area contributed by atoms with Gasteiger partial charge in [-0.1, -0.05) is 20.3 Å². The highest BCUT2D eigenvalue weighted by Crippen LogP contribution is 2.23. The third kappa shape index (κ3) is 4.29. The molecule has 1 saturated heterocycles. The van der Waals surface area contributed by atoms with Crippen molar-refractivity contribution in [3.8, 4) is 0 Å². The minimum atomic E-state index is -0.872. The molecule has 1 fully saturated rings. The van der Waals surface area contributed by atoms with E-state index in [4.69, 9.17) is 9.84 Å². The summed E-state index contributed by atoms with van der Waals surface area (Å²) >= 11 is 0. The third-order valence-electron chi connectivity index (χ3n) is 3.35. The van der Waals surface area contributed by atoms with Crippen LogP contribution in [0.2, 0.25) is 0 Å². The standard InChI is InChI=1S/C13H23NO4/c1-3-5-9(8-12(15)16)14-13(17)10-6-7-18-11(10)4-2/h9-11H,3-8H2,1-2H3,(H,14,17)(H,15,16). The summed E-state index contributed by atoms with van der Waals surface area (Å²) in [4.78, 5) is 22.8. The van der Waals surface area contributed by atoms with E-state index in [2.05, 4.69) is 5.32 Å². The van der Waals surface area contributed by atoms with E-state index in [1.807, 2.05) is 13.8 Å². The minimum Gasteiger partial charge on any atom is -0.481 e. The van der Waals surface area contributed by atoms with Crippen LogP contribution in [-0.4, -0.2) is 35.7 Å². The molecule has 0 aromatic heterocycles. The van der Waals surface area contributed by atoms with Gasteiger partial charge in [0.2, 0.25) is 5.91 Å². The molecule has 1 aliphatic rings. The maximum Gasteiger partial charge on any atom is 0.305 e. The summed E-state index contributed by atoms with van der Waals surface area (Å²) in [7, 11) is 0. The van der Waals surface area contributed by atoms with Crippen molar-refractivity contribution in [2.45, 2.75) is 58.1 Å². The number of hydrogen-bond donors (Lipinski definition) is 2. The maximum absolute atomic E-state index is 12.1. The van der Waals surface area contributed by atoms with Crippen molar-refractivity contribution in [2.75, 3.05) is 6.61 Å². The summed E-state index contributed by atoms with van der Waals surface area (Å²) in [5.41, 5.74) is 0. The molecule has 1 amide bonds. The smallest absolute Gasteiger partial charge is 0.305 e.